The second-order valence-corrected chi connectivity index (χ2v) is 7.42. The average molecular weight is 465 g/mol. The van der Waals surface area contributed by atoms with Gasteiger partial charge in [-0.3, -0.25) is 15.0 Å². The zero-order chi connectivity index (χ0) is 24.7. The maximum Gasteiger partial charge on any atom is 0.347 e. The summed E-state index contributed by atoms with van der Waals surface area (Å²) >= 11 is 0. The third-order valence-corrected chi connectivity index (χ3v) is 4.95. The van der Waals surface area contributed by atoms with E-state index in [2.05, 4.69) is 12.0 Å². The van der Waals surface area contributed by atoms with Crippen molar-refractivity contribution in [3.8, 4) is 11.5 Å². The molecule has 1 heterocycles. The summed E-state index contributed by atoms with van der Waals surface area (Å²) in [5, 5.41) is 1.21. The number of anilines is 1. The van der Waals surface area contributed by atoms with E-state index < -0.39 is 23.9 Å². The fraction of sp³-hybridized carbons (Fsp3) is 0.269. The summed E-state index contributed by atoms with van der Waals surface area (Å²) in [7, 11) is 0. The molecule has 8 nitrogen and oxygen atoms in total. The third kappa shape index (κ3) is 5.46. The number of esters is 1. The summed E-state index contributed by atoms with van der Waals surface area (Å²) in [5.41, 5.74) is 4.40. The smallest absolute Gasteiger partial charge is 0.347 e. The van der Waals surface area contributed by atoms with Crippen LogP contribution in [-0.4, -0.2) is 37.1 Å². The SMILES string of the molecule is C=CCc1cc(C=C2C(=O)NN(c3ccccc3)C2=O)cc(OCC)c1OC(C)C(=O)OCC. The Bertz CT molecular complexity index is 1110. The molecule has 34 heavy (non-hydrogen) atoms. The van der Waals surface area contributed by atoms with Crippen LogP contribution in [-0.2, 0) is 25.5 Å². The van der Waals surface area contributed by atoms with Gasteiger partial charge in [-0.2, -0.15) is 0 Å². The van der Waals surface area contributed by atoms with Gasteiger partial charge < -0.3 is 14.2 Å². The van der Waals surface area contributed by atoms with E-state index in [-0.39, 0.29) is 12.2 Å². The van der Waals surface area contributed by atoms with Crippen LogP contribution in [0.5, 0.6) is 11.5 Å². The summed E-state index contributed by atoms with van der Waals surface area (Å²) in [6.07, 6.45) is 2.76. The van der Waals surface area contributed by atoms with Crippen LogP contribution in [0.15, 0.2) is 60.7 Å². The molecule has 8 heteroatoms. The van der Waals surface area contributed by atoms with Gasteiger partial charge in [0.1, 0.15) is 5.57 Å². The lowest BCUT2D eigenvalue weighted by atomic mass is 10.0. The van der Waals surface area contributed by atoms with E-state index in [9.17, 15) is 14.4 Å². The minimum absolute atomic E-state index is 0.00980. The van der Waals surface area contributed by atoms with Crippen LogP contribution < -0.4 is 19.9 Å². The standard InChI is InChI=1S/C26H28N2O6/c1-5-11-19-14-18(16-22(32-6-2)23(19)34-17(4)26(31)33-7-3)15-21-24(29)27-28(25(21)30)20-12-9-8-10-13-20/h5,8-10,12-17H,1,6-7,11H2,2-4H3,(H,27,29). The molecule has 0 bridgehead atoms. The van der Waals surface area contributed by atoms with E-state index in [1.807, 2.05) is 13.0 Å². The number of hydrogen-bond acceptors (Lipinski definition) is 6. The fourth-order valence-electron chi connectivity index (χ4n) is 3.44. The molecule has 1 aliphatic rings. The quantitative estimate of drug-likeness (QED) is 0.250. The van der Waals surface area contributed by atoms with Gasteiger partial charge in [-0.05, 0) is 63.1 Å². The molecule has 2 aromatic rings. The molecule has 1 N–H and O–H groups in total. The number of allylic oxidation sites excluding steroid dienone is 1. The number of hydrogen-bond donors (Lipinski definition) is 1. The van der Waals surface area contributed by atoms with Crippen molar-refractivity contribution in [1.29, 1.82) is 0 Å². The maximum atomic E-state index is 12.9. The number of amides is 2. The summed E-state index contributed by atoms with van der Waals surface area (Å²) in [6.45, 7) is 9.52. The van der Waals surface area contributed by atoms with Crippen LogP contribution >= 0.6 is 0 Å². The lowest BCUT2D eigenvalue weighted by Crippen LogP contribution is -2.35. The van der Waals surface area contributed by atoms with E-state index in [0.717, 1.165) is 0 Å². The van der Waals surface area contributed by atoms with E-state index in [1.165, 1.54) is 11.1 Å². The van der Waals surface area contributed by atoms with E-state index >= 15 is 0 Å². The second-order valence-electron chi connectivity index (χ2n) is 7.42. The second kappa shape index (κ2) is 11.2. The molecule has 0 aromatic heterocycles. The minimum Gasteiger partial charge on any atom is -0.490 e. The van der Waals surface area contributed by atoms with Crippen LogP contribution in [0.2, 0.25) is 0 Å². The van der Waals surface area contributed by atoms with Crippen molar-refractivity contribution in [3.05, 3.63) is 71.8 Å². The molecule has 178 valence electrons. The zero-order valence-electron chi connectivity index (χ0n) is 19.5. The summed E-state index contributed by atoms with van der Waals surface area (Å²) in [6, 6.07) is 12.3. The molecule has 0 radical (unpaired) electrons. The molecule has 1 saturated heterocycles. The molecule has 2 aromatic carbocycles. The number of para-hydroxylation sites is 1. The lowest BCUT2D eigenvalue weighted by molar-refractivity contribution is -0.150. The number of benzene rings is 2. The first-order valence-corrected chi connectivity index (χ1v) is 11.1. The van der Waals surface area contributed by atoms with Gasteiger partial charge in [-0.25, -0.2) is 9.80 Å². The highest BCUT2D eigenvalue weighted by molar-refractivity contribution is 6.31. The van der Waals surface area contributed by atoms with E-state index in [0.29, 0.717) is 41.3 Å². The predicted molar refractivity (Wildman–Crippen MR) is 128 cm³/mol. The third-order valence-electron chi connectivity index (χ3n) is 4.95. The number of carbonyl (C=O) groups excluding carboxylic acids is 3. The first-order chi connectivity index (χ1) is 16.4. The Morgan fingerprint density at radius 2 is 1.88 bits per heavy atom. The lowest BCUT2D eigenvalue weighted by Gasteiger charge is -2.20. The van der Waals surface area contributed by atoms with Gasteiger partial charge in [-0.1, -0.05) is 24.3 Å². The number of nitrogens with zero attached hydrogens (tertiary/aromatic N) is 1. The van der Waals surface area contributed by atoms with Crippen LogP contribution in [0.1, 0.15) is 31.9 Å². The Kier molecular flexibility index (Phi) is 8.08. The summed E-state index contributed by atoms with van der Waals surface area (Å²) in [4.78, 5) is 37.6. The fourth-order valence-corrected chi connectivity index (χ4v) is 3.44. The van der Waals surface area contributed by atoms with Gasteiger partial charge in [-0.15, -0.1) is 6.58 Å². The maximum absolute atomic E-state index is 12.9. The number of nitrogens with one attached hydrogen (secondary N) is 1. The molecule has 0 spiro atoms. The van der Waals surface area contributed by atoms with Crippen molar-refractivity contribution < 1.29 is 28.6 Å². The van der Waals surface area contributed by atoms with E-state index in [1.54, 1.807) is 56.3 Å². The first-order valence-electron chi connectivity index (χ1n) is 11.1. The Morgan fingerprint density at radius 3 is 2.53 bits per heavy atom. The van der Waals surface area contributed by atoms with Crippen molar-refractivity contribution >= 4 is 29.5 Å². The van der Waals surface area contributed by atoms with Crippen LogP contribution in [0.4, 0.5) is 5.69 Å². The normalized spacial score (nSPS) is 15.1. The van der Waals surface area contributed by atoms with Gasteiger partial charge in [0, 0.05) is 5.56 Å². The molecule has 1 unspecified atom stereocenters. The highest BCUT2D eigenvalue weighted by Crippen LogP contribution is 2.36. The monoisotopic (exact) mass is 464 g/mol. The van der Waals surface area contributed by atoms with E-state index in [4.69, 9.17) is 14.2 Å². The Balaban J connectivity index is 1.99. The van der Waals surface area contributed by atoms with Crippen molar-refractivity contribution in [1.82, 2.24) is 5.43 Å². The van der Waals surface area contributed by atoms with Crippen LogP contribution in [0, 0.1) is 0 Å². The van der Waals surface area contributed by atoms with Crippen molar-refractivity contribution in [2.75, 3.05) is 18.2 Å². The first kappa shape index (κ1) is 24.6. The number of carbonyl (C=O) groups is 3. The van der Waals surface area contributed by atoms with Gasteiger partial charge >= 0.3 is 5.97 Å². The topological polar surface area (TPSA) is 94.2 Å². The number of ether oxygens (including phenoxy) is 3. The highest BCUT2D eigenvalue weighted by atomic mass is 16.6. The minimum atomic E-state index is -0.853. The number of rotatable bonds is 10. The van der Waals surface area contributed by atoms with Gasteiger partial charge in [0.2, 0.25) is 0 Å². The number of hydrazine groups is 1. The van der Waals surface area contributed by atoms with Gasteiger partial charge in [0.05, 0.1) is 18.9 Å². The molecule has 2 amide bonds. The average Bonchev–Trinajstić information content (AvgIpc) is 3.10. The van der Waals surface area contributed by atoms with Crippen molar-refractivity contribution in [2.24, 2.45) is 0 Å². The zero-order valence-corrected chi connectivity index (χ0v) is 19.5. The predicted octanol–water partition coefficient (Wildman–Crippen LogP) is 3.61. The van der Waals surface area contributed by atoms with Gasteiger partial charge in [0.25, 0.3) is 11.8 Å². The van der Waals surface area contributed by atoms with Crippen LogP contribution in [0.3, 0.4) is 0 Å². The molecule has 1 atom stereocenters. The van der Waals surface area contributed by atoms with Crippen molar-refractivity contribution in [2.45, 2.75) is 33.3 Å². The van der Waals surface area contributed by atoms with Crippen LogP contribution in [0.25, 0.3) is 6.08 Å². The Morgan fingerprint density at radius 1 is 1.15 bits per heavy atom. The summed E-state index contributed by atoms with van der Waals surface area (Å²) < 4.78 is 16.7. The summed E-state index contributed by atoms with van der Waals surface area (Å²) in [5.74, 6) is -0.688. The Hall–Kier alpha value is -4.07. The molecule has 1 aliphatic heterocycles. The molecule has 3 rings (SSSR count). The molecule has 0 saturated carbocycles. The molecule has 1 fully saturated rings. The molecular weight excluding hydrogens is 436 g/mol. The molecular formula is C26H28N2O6. The highest BCUT2D eigenvalue weighted by Gasteiger charge is 2.34. The van der Waals surface area contributed by atoms with Gasteiger partial charge in [0.15, 0.2) is 17.6 Å². The Labute approximate surface area is 198 Å². The largest absolute Gasteiger partial charge is 0.490 e. The van der Waals surface area contributed by atoms with Crippen molar-refractivity contribution in [3.63, 3.8) is 0 Å². The molecule has 0 aliphatic carbocycles.